The highest BCUT2D eigenvalue weighted by molar-refractivity contribution is 5.39. The zero-order valence-electron chi connectivity index (χ0n) is 13.6. The fourth-order valence-corrected chi connectivity index (χ4v) is 4.02. The Morgan fingerprint density at radius 1 is 1.15 bits per heavy atom. The smallest absolute Gasteiger partial charge is 0.123 e. The summed E-state index contributed by atoms with van der Waals surface area (Å²) in [5.41, 5.74) is 2.62. The molecule has 1 saturated carbocycles. The van der Waals surface area contributed by atoms with Crippen molar-refractivity contribution in [3.63, 3.8) is 0 Å². The Balaban J connectivity index is 2.29. The number of aryl methyl sites for hydroxylation is 1. The Bertz CT molecular complexity index is 433. The summed E-state index contributed by atoms with van der Waals surface area (Å²) in [6.45, 7) is 6.94. The van der Waals surface area contributed by atoms with Crippen molar-refractivity contribution in [2.75, 3.05) is 14.2 Å². The maximum absolute atomic E-state index is 5.59. The molecule has 0 bridgehead atoms. The first-order valence-electron chi connectivity index (χ1n) is 7.87. The summed E-state index contributed by atoms with van der Waals surface area (Å²) in [4.78, 5) is 0. The summed E-state index contributed by atoms with van der Waals surface area (Å²) in [7, 11) is 3.85. The third kappa shape index (κ3) is 3.35. The third-order valence-electron chi connectivity index (χ3n) is 4.72. The molecule has 0 radical (unpaired) electrons. The van der Waals surface area contributed by atoms with Crippen molar-refractivity contribution in [2.45, 2.75) is 46.1 Å². The number of benzene rings is 1. The van der Waals surface area contributed by atoms with Crippen molar-refractivity contribution in [3.05, 3.63) is 29.3 Å². The van der Waals surface area contributed by atoms with Crippen LogP contribution in [-0.4, -0.2) is 14.2 Å². The second-order valence-electron chi connectivity index (χ2n) is 6.69. The van der Waals surface area contributed by atoms with E-state index in [9.17, 15) is 0 Å². The first-order valence-corrected chi connectivity index (χ1v) is 7.87. The quantitative estimate of drug-likeness (QED) is 0.882. The Hall–Kier alpha value is -1.02. The van der Waals surface area contributed by atoms with Crippen LogP contribution in [0.25, 0.3) is 0 Å². The van der Waals surface area contributed by atoms with Gasteiger partial charge in [0.1, 0.15) is 5.75 Å². The van der Waals surface area contributed by atoms with Crippen LogP contribution in [0.15, 0.2) is 18.2 Å². The van der Waals surface area contributed by atoms with Crippen LogP contribution in [0.1, 0.15) is 50.3 Å². The van der Waals surface area contributed by atoms with Crippen LogP contribution in [0.4, 0.5) is 0 Å². The third-order valence-corrected chi connectivity index (χ3v) is 4.72. The lowest BCUT2D eigenvalue weighted by molar-refractivity contribution is 0.179. The SMILES string of the molecule is CNC(c1cc(C)ccc1OC)C1CC(C)CC(C)C1. The molecule has 0 aromatic heterocycles. The Morgan fingerprint density at radius 3 is 2.35 bits per heavy atom. The number of ether oxygens (including phenoxy) is 1. The van der Waals surface area contributed by atoms with Gasteiger partial charge in [0.15, 0.2) is 0 Å². The molecule has 20 heavy (non-hydrogen) atoms. The van der Waals surface area contributed by atoms with Crippen molar-refractivity contribution in [1.82, 2.24) is 5.32 Å². The number of methoxy groups -OCH3 is 1. The predicted molar refractivity (Wildman–Crippen MR) is 85.2 cm³/mol. The lowest BCUT2D eigenvalue weighted by Crippen LogP contribution is -2.31. The molecule has 1 aromatic carbocycles. The van der Waals surface area contributed by atoms with Crippen molar-refractivity contribution in [2.24, 2.45) is 17.8 Å². The molecule has 3 atom stereocenters. The van der Waals surface area contributed by atoms with E-state index < -0.39 is 0 Å². The average Bonchev–Trinajstić information content (AvgIpc) is 2.39. The van der Waals surface area contributed by atoms with Gasteiger partial charge in [-0.1, -0.05) is 31.5 Å². The minimum absolute atomic E-state index is 0.398. The zero-order valence-corrected chi connectivity index (χ0v) is 13.6. The van der Waals surface area contributed by atoms with Gasteiger partial charge in [-0.05, 0) is 57.1 Å². The van der Waals surface area contributed by atoms with E-state index in [-0.39, 0.29) is 0 Å². The van der Waals surface area contributed by atoms with Gasteiger partial charge in [-0.15, -0.1) is 0 Å². The second-order valence-corrected chi connectivity index (χ2v) is 6.69. The van der Waals surface area contributed by atoms with E-state index in [2.05, 4.69) is 51.3 Å². The van der Waals surface area contributed by atoms with Gasteiger partial charge >= 0.3 is 0 Å². The average molecular weight is 275 g/mol. The molecule has 1 aliphatic carbocycles. The van der Waals surface area contributed by atoms with E-state index in [0.29, 0.717) is 12.0 Å². The van der Waals surface area contributed by atoms with Crippen LogP contribution in [0.5, 0.6) is 5.75 Å². The molecule has 2 nitrogen and oxygen atoms in total. The van der Waals surface area contributed by atoms with Crippen LogP contribution in [0.2, 0.25) is 0 Å². The standard InChI is InChI=1S/C18H29NO/c1-12-6-7-17(20-5)16(11-12)18(19-4)15-9-13(2)8-14(3)10-15/h6-7,11,13-15,18-19H,8-10H2,1-5H3. The lowest BCUT2D eigenvalue weighted by atomic mass is 9.72. The minimum atomic E-state index is 0.398. The summed E-state index contributed by atoms with van der Waals surface area (Å²) in [5, 5.41) is 3.55. The molecule has 1 N–H and O–H groups in total. The molecule has 1 aromatic rings. The van der Waals surface area contributed by atoms with Gasteiger partial charge in [-0.2, -0.15) is 0 Å². The van der Waals surface area contributed by atoms with Crippen LogP contribution in [0, 0.1) is 24.7 Å². The topological polar surface area (TPSA) is 21.3 Å². The molecule has 0 saturated heterocycles. The lowest BCUT2D eigenvalue weighted by Gasteiger charge is -2.37. The maximum Gasteiger partial charge on any atom is 0.123 e. The molecule has 3 unspecified atom stereocenters. The minimum Gasteiger partial charge on any atom is -0.496 e. The Morgan fingerprint density at radius 2 is 1.80 bits per heavy atom. The molecule has 1 fully saturated rings. The van der Waals surface area contributed by atoms with E-state index in [1.807, 2.05) is 0 Å². The van der Waals surface area contributed by atoms with Crippen LogP contribution >= 0.6 is 0 Å². The highest BCUT2D eigenvalue weighted by Gasteiger charge is 2.31. The van der Waals surface area contributed by atoms with Crippen molar-refractivity contribution >= 4 is 0 Å². The van der Waals surface area contributed by atoms with Gasteiger partial charge in [0.25, 0.3) is 0 Å². The summed E-state index contributed by atoms with van der Waals surface area (Å²) < 4.78 is 5.59. The van der Waals surface area contributed by atoms with E-state index in [1.54, 1.807) is 7.11 Å². The largest absolute Gasteiger partial charge is 0.496 e. The van der Waals surface area contributed by atoms with Crippen LogP contribution < -0.4 is 10.1 Å². The van der Waals surface area contributed by atoms with E-state index in [0.717, 1.165) is 17.6 Å². The zero-order chi connectivity index (χ0) is 14.7. The summed E-state index contributed by atoms with van der Waals surface area (Å²) in [5.74, 6) is 3.38. The maximum atomic E-state index is 5.59. The van der Waals surface area contributed by atoms with E-state index in [1.165, 1.54) is 30.4 Å². The molecular formula is C18H29NO. The number of hydrogen-bond acceptors (Lipinski definition) is 2. The number of nitrogens with one attached hydrogen (secondary N) is 1. The molecule has 112 valence electrons. The first-order chi connectivity index (χ1) is 9.55. The predicted octanol–water partition coefficient (Wildman–Crippen LogP) is 4.34. The summed E-state index contributed by atoms with van der Waals surface area (Å²) in [6, 6.07) is 6.91. The fraction of sp³-hybridized carbons (Fsp3) is 0.667. The first kappa shape index (κ1) is 15.4. The molecule has 2 rings (SSSR count). The summed E-state index contributed by atoms with van der Waals surface area (Å²) >= 11 is 0. The van der Waals surface area contributed by atoms with Gasteiger partial charge in [-0.25, -0.2) is 0 Å². The monoisotopic (exact) mass is 275 g/mol. The second kappa shape index (κ2) is 6.62. The molecule has 0 spiro atoms. The van der Waals surface area contributed by atoms with Gasteiger partial charge < -0.3 is 10.1 Å². The van der Waals surface area contributed by atoms with Crippen molar-refractivity contribution in [1.29, 1.82) is 0 Å². The van der Waals surface area contributed by atoms with Gasteiger partial charge in [0.05, 0.1) is 7.11 Å². The Labute approximate surface area is 123 Å². The molecule has 2 heteroatoms. The molecule has 0 aliphatic heterocycles. The van der Waals surface area contributed by atoms with Gasteiger partial charge in [0, 0.05) is 11.6 Å². The fourth-order valence-electron chi connectivity index (χ4n) is 4.02. The van der Waals surface area contributed by atoms with Crippen LogP contribution in [0.3, 0.4) is 0 Å². The molecule has 0 heterocycles. The summed E-state index contributed by atoms with van der Waals surface area (Å²) in [6.07, 6.45) is 4.00. The highest BCUT2D eigenvalue weighted by atomic mass is 16.5. The normalized spacial score (nSPS) is 28.1. The van der Waals surface area contributed by atoms with Crippen molar-refractivity contribution in [3.8, 4) is 5.75 Å². The molecule has 0 amide bonds. The van der Waals surface area contributed by atoms with Crippen molar-refractivity contribution < 1.29 is 4.74 Å². The molecular weight excluding hydrogens is 246 g/mol. The number of hydrogen-bond donors (Lipinski definition) is 1. The van der Waals surface area contributed by atoms with E-state index in [4.69, 9.17) is 4.74 Å². The van der Waals surface area contributed by atoms with Crippen LogP contribution in [-0.2, 0) is 0 Å². The number of rotatable bonds is 4. The molecule has 1 aliphatic rings. The Kier molecular flexibility index (Phi) is 5.09. The van der Waals surface area contributed by atoms with Gasteiger partial charge in [-0.3, -0.25) is 0 Å². The highest BCUT2D eigenvalue weighted by Crippen LogP contribution is 2.41. The van der Waals surface area contributed by atoms with Gasteiger partial charge in [0.2, 0.25) is 0 Å². The van der Waals surface area contributed by atoms with E-state index >= 15 is 0 Å².